The first-order valence-corrected chi connectivity index (χ1v) is 5.48. The molecule has 2 amide bonds. The van der Waals surface area contributed by atoms with Crippen molar-refractivity contribution in [3.8, 4) is 0 Å². The van der Waals surface area contributed by atoms with Gasteiger partial charge in [0.25, 0.3) is 0 Å². The summed E-state index contributed by atoms with van der Waals surface area (Å²) in [5.74, 6) is 0. The van der Waals surface area contributed by atoms with Crippen molar-refractivity contribution in [3.63, 3.8) is 0 Å². The summed E-state index contributed by atoms with van der Waals surface area (Å²) < 4.78 is 35.7. The second-order valence-corrected chi connectivity index (χ2v) is 3.93. The van der Waals surface area contributed by atoms with Crippen LogP contribution in [-0.2, 0) is 6.42 Å². The minimum atomic E-state index is -4.38. The average Bonchev–Trinajstić information content (AvgIpc) is 2.33. The highest BCUT2D eigenvalue weighted by Gasteiger charge is 2.28. The molecule has 0 fully saturated rings. The van der Waals surface area contributed by atoms with E-state index in [9.17, 15) is 18.0 Å². The first kappa shape index (κ1) is 14.3. The molecule has 0 bridgehead atoms. The number of urea groups is 1. The van der Waals surface area contributed by atoms with E-state index in [4.69, 9.17) is 0 Å². The van der Waals surface area contributed by atoms with Crippen LogP contribution in [0.4, 0.5) is 18.0 Å². The third-order valence-corrected chi connectivity index (χ3v) is 2.37. The summed E-state index contributed by atoms with van der Waals surface area (Å²) in [6.07, 6.45) is -3.77. The van der Waals surface area contributed by atoms with Crippen molar-refractivity contribution in [2.24, 2.45) is 0 Å². The predicted molar refractivity (Wildman–Crippen MR) is 62.2 cm³/mol. The molecule has 0 aliphatic carbocycles. The van der Waals surface area contributed by atoms with Crippen molar-refractivity contribution in [1.29, 1.82) is 0 Å². The Kier molecular flexibility index (Phi) is 5.00. The van der Waals surface area contributed by atoms with Gasteiger partial charge in [-0.1, -0.05) is 30.3 Å². The zero-order chi connectivity index (χ0) is 13.6. The van der Waals surface area contributed by atoms with Gasteiger partial charge in [-0.3, -0.25) is 0 Å². The molecule has 0 atom stereocenters. The Morgan fingerprint density at radius 1 is 1.28 bits per heavy atom. The average molecular weight is 260 g/mol. The molecule has 0 spiro atoms. The SMILES string of the molecule is CN(CCc1ccccc1)C(=O)NCC(F)(F)F. The molecule has 0 saturated carbocycles. The molecule has 0 radical (unpaired) electrons. The Morgan fingerprint density at radius 2 is 1.89 bits per heavy atom. The molecular weight excluding hydrogens is 245 g/mol. The number of carbonyl (C=O) groups excluding carboxylic acids is 1. The van der Waals surface area contributed by atoms with Crippen molar-refractivity contribution < 1.29 is 18.0 Å². The molecule has 0 aliphatic heterocycles. The largest absolute Gasteiger partial charge is 0.405 e. The van der Waals surface area contributed by atoms with Gasteiger partial charge in [-0.25, -0.2) is 4.79 Å². The second-order valence-electron chi connectivity index (χ2n) is 3.93. The van der Waals surface area contributed by atoms with Crippen molar-refractivity contribution >= 4 is 6.03 Å². The standard InChI is InChI=1S/C12H15F3N2O/c1-17(11(18)16-9-12(13,14)15)8-7-10-5-3-2-4-6-10/h2-6H,7-9H2,1H3,(H,16,18). The molecule has 1 rings (SSSR count). The number of rotatable bonds is 4. The van der Waals surface area contributed by atoms with E-state index in [1.807, 2.05) is 35.6 Å². The highest BCUT2D eigenvalue weighted by atomic mass is 19.4. The van der Waals surface area contributed by atoms with E-state index < -0.39 is 18.8 Å². The fraction of sp³-hybridized carbons (Fsp3) is 0.417. The molecule has 6 heteroatoms. The van der Waals surface area contributed by atoms with Crippen molar-refractivity contribution in [2.45, 2.75) is 12.6 Å². The van der Waals surface area contributed by atoms with E-state index in [2.05, 4.69) is 0 Å². The van der Waals surface area contributed by atoms with Crippen LogP contribution in [0, 0.1) is 0 Å². The Bertz CT molecular complexity index is 379. The van der Waals surface area contributed by atoms with E-state index >= 15 is 0 Å². The number of hydrogen-bond acceptors (Lipinski definition) is 1. The lowest BCUT2D eigenvalue weighted by molar-refractivity contribution is -0.123. The minimum absolute atomic E-state index is 0.369. The lowest BCUT2D eigenvalue weighted by Crippen LogP contribution is -2.42. The Balaban J connectivity index is 2.32. The zero-order valence-corrected chi connectivity index (χ0v) is 10.00. The molecule has 18 heavy (non-hydrogen) atoms. The molecule has 0 heterocycles. The first-order valence-electron chi connectivity index (χ1n) is 5.48. The van der Waals surface area contributed by atoms with Gasteiger partial charge in [0.2, 0.25) is 0 Å². The summed E-state index contributed by atoms with van der Waals surface area (Å²) in [6.45, 7) is -0.935. The summed E-state index contributed by atoms with van der Waals surface area (Å²) in [5, 5.41) is 1.82. The number of halogens is 3. The van der Waals surface area contributed by atoms with Crippen LogP contribution in [0.3, 0.4) is 0 Å². The Labute approximate surface area is 104 Å². The van der Waals surface area contributed by atoms with Crippen molar-refractivity contribution in [2.75, 3.05) is 20.1 Å². The fourth-order valence-electron chi connectivity index (χ4n) is 1.35. The number of benzene rings is 1. The van der Waals surface area contributed by atoms with Crippen LogP contribution < -0.4 is 5.32 Å². The molecule has 1 aromatic carbocycles. The van der Waals surface area contributed by atoms with E-state index in [1.165, 1.54) is 11.9 Å². The normalized spacial score (nSPS) is 11.1. The smallest absolute Gasteiger partial charge is 0.329 e. The molecule has 1 aromatic rings. The van der Waals surface area contributed by atoms with Crippen LogP contribution in [0.15, 0.2) is 30.3 Å². The molecule has 0 saturated heterocycles. The predicted octanol–water partition coefficient (Wildman–Crippen LogP) is 2.43. The van der Waals surface area contributed by atoms with E-state index in [1.54, 1.807) is 0 Å². The summed E-state index contributed by atoms with van der Waals surface area (Å²) >= 11 is 0. The van der Waals surface area contributed by atoms with Crippen LogP contribution in [0.2, 0.25) is 0 Å². The number of nitrogens with zero attached hydrogens (tertiary/aromatic N) is 1. The molecule has 1 N–H and O–H groups in total. The Morgan fingerprint density at radius 3 is 2.44 bits per heavy atom. The van der Waals surface area contributed by atoms with Crippen LogP contribution in [-0.4, -0.2) is 37.2 Å². The van der Waals surface area contributed by atoms with E-state index in [0.717, 1.165) is 5.56 Å². The second kappa shape index (κ2) is 6.28. The van der Waals surface area contributed by atoms with Gasteiger partial charge in [-0.05, 0) is 12.0 Å². The van der Waals surface area contributed by atoms with Crippen LogP contribution in [0.5, 0.6) is 0 Å². The summed E-state index contributed by atoms with van der Waals surface area (Å²) in [5.41, 5.74) is 1.04. The third-order valence-electron chi connectivity index (χ3n) is 2.37. The van der Waals surface area contributed by atoms with Crippen LogP contribution in [0.1, 0.15) is 5.56 Å². The maximum absolute atomic E-state index is 11.9. The van der Waals surface area contributed by atoms with Crippen molar-refractivity contribution in [3.05, 3.63) is 35.9 Å². The quantitative estimate of drug-likeness (QED) is 0.886. The molecule has 3 nitrogen and oxygen atoms in total. The summed E-state index contributed by atoms with van der Waals surface area (Å²) in [6, 6.07) is 8.72. The summed E-state index contributed by atoms with van der Waals surface area (Å²) in [4.78, 5) is 12.6. The number of nitrogens with one attached hydrogen (secondary N) is 1. The molecule has 0 unspecified atom stereocenters. The highest BCUT2D eigenvalue weighted by molar-refractivity contribution is 5.73. The lowest BCUT2D eigenvalue weighted by atomic mass is 10.1. The highest BCUT2D eigenvalue weighted by Crippen LogP contribution is 2.12. The van der Waals surface area contributed by atoms with Gasteiger partial charge in [0, 0.05) is 13.6 Å². The Hall–Kier alpha value is -1.72. The molecule has 0 aromatic heterocycles. The van der Waals surface area contributed by atoms with Gasteiger partial charge in [0.15, 0.2) is 0 Å². The number of amides is 2. The van der Waals surface area contributed by atoms with Gasteiger partial charge < -0.3 is 10.2 Å². The molecular formula is C12H15F3N2O. The van der Waals surface area contributed by atoms with Gasteiger partial charge in [-0.15, -0.1) is 0 Å². The topological polar surface area (TPSA) is 32.3 Å². The summed E-state index contributed by atoms with van der Waals surface area (Å²) in [7, 11) is 1.47. The fourth-order valence-corrected chi connectivity index (χ4v) is 1.35. The first-order chi connectivity index (χ1) is 8.38. The molecule has 100 valence electrons. The lowest BCUT2D eigenvalue weighted by Gasteiger charge is -2.18. The van der Waals surface area contributed by atoms with Gasteiger partial charge >= 0.3 is 12.2 Å². The zero-order valence-electron chi connectivity index (χ0n) is 10.00. The number of carbonyl (C=O) groups is 1. The molecule has 0 aliphatic rings. The number of alkyl halides is 3. The van der Waals surface area contributed by atoms with E-state index in [-0.39, 0.29) is 0 Å². The maximum atomic E-state index is 11.9. The van der Waals surface area contributed by atoms with Gasteiger partial charge in [0.05, 0.1) is 0 Å². The maximum Gasteiger partial charge on any atom is 0.405 e. The monoisotopic (exact) mass is 260 g/mol. The number of likely N-dealkylation sites (N-methyl/N-ethyl adjacent to an activating group) is 1. The minimum Gasteiger partial charge on any atom is -0.329 e. The van der Waals surface area contributed by atoms with Gasteiger partial charge in [-0.2, -0.15) is 13.2 Å². The van der Waals surface area contributed by atoms with E-state index in [0.29, 0.717) is 13.0 Å². The third kappa shape index (κ3) is 5.56. The van der Waals surface area contributed by atoms with Crippen LogP contribution in [0.25, 0.3) is 0 Å². The van der Waals surface area contributed by atoms with Gasteiger partial charge in [0.1, 0.15) is 6.54 Å². The van der Waals surface area contributed by atoms with Crippen molar-refractivity contribution in [1.82, 2.24) is 10.2 Å². The number of hydrogen-bond donors (Lipinski definition) is 1. The van der Waals surface area contributed by atoms with Crippen LogP contribution >= 0.6 is 0 Å².